The van der Waals surface area contributed by atoms with Crippen LogP contribution < -0.4 is 15.0 Å². The Kier molecular flexibility index (Phi) is 6.48. The van der Waals surface area contributed by atoms with E-state index in [0.29, 0.717) is 24.9 Å². The van der Waals surface area contributed by atoms with Crippen molar-refractivity contribution in [1.29, 1.82) is 0 Å². The van der Waals surface area contributed by atoms with Crippen LogP contribution in [0.15, 0.2) is 53.4 Å². The molecule has 1 aliphatic rings. The molecule has 8 nitrogen and oxygen atoms in total. The standard InChI is InChI=1S/C23H26FN5O3S/c1-16-4-7-19(8-5-16)26-22-14-17(2)25-23(27-22)28-10-12-29(13-11-28)33(30,31)21-15-18(24)6-9-20(21)32-3/h4-9,14-15H,10-13H2,1-3H3,(H,25,26,27). The first-order chi connectivity index (χ1) is 15.8. The van der Waals surface area contributed by atoms with Gasteiger partial charge in [0.25, 0.3) is 0 Å². The van der Waals surface area contributed by atoms with Gasteiger partial charge in [-0.25, -0.2) is 17.8 Å². The average Bonchev–Trinajstić information content (AvgIpc) is 2.80. The van der Waals surface area contributed by atoms with Crippen LogP contribution in [0.5, 0.6) is 5.75 Å². The number of halogens is 1. The zero-order valence-corrected chi connectivity index (χ0v) is 19.6. The summed E-state index contributed by atoms with van der Waals surface area (Å²) in [4.78, 5) is 10.9. The van der Waals surface area contributed by atoms with Crippen molar-refractivity contribution in [3.05, 3.63) is 65.6 Å². The van der Waals surface area contributed by atoms with Gasteiger partial charge in [0.1, 0.15) is 22.3 Å². The van der Waals surface area contributed by atoms with Crippen LogP contribution in [0.25, 0.3) is 0 Å². The van der Waals surface area contributed by atoms with Crippen molar-refractivity contribution in [3.63, 3.8) is 0 Å². The van der Waals surface area contributed by atoms with E-state index in [9.17, 15) is 12.8 Å². The van der Waals surface area contributed by atoms with Crippen LogP contribution in [-0.2, 0) is 10.0 Å². The predicted octanol–water partition coefficient (Wildman–Crippen LogP) is 3.50. The normalized spacial score (nSPS) is 14.8. The molecule has 1 fully saturated rings. The number of aryl methyl sites for hydroxylation is 2. The molecule has 174 valence electrons. The lowest BCUT2D eigenvalue weighted by molar-refractivity contribution is 0.371. The quantitative estimate of drug-likeness (QED) is 0.589. The topological polar surface area (TPSA) is 87.7 Å². The summed E-state index contributed by atoms with van der Waals surface area (Å²) in [6.07, 6.45) is 0. The van der Waals surface area contributed by atoms with Gasteiger partial charge in [-0.3, -0.25) is 0 Å². The van der Waals surface area contributed by atoms with Gasteiger partial charge in [-0.1, -0.05) is 17.7 Å². The smallest absolute Gasteiger partial charge is 0.246 e. The van der Waals surface area contributed by atoms with E-state index in [4.69, 9.17) is 4.74 Å². The van der Waals surface area contributed by atoms with Gasteiger partial charge in [-0.2, -0.15) is 9.29 Å². The first-order valence-corrected chi connectivity index (χ1v) is 12.0. The predicted molar refractivity (Wildman–Crippen MR) is 125 cm³/mol. The monoisotopic (exact) mass is 471 g/mol. The number of nitrogens with zero attached hydrogens (tertiary/aromatic N) is 4. The molecule has 1 aromatic heterocycles. The van der Waals surface area contributed by atoms with E-state index in [1.807, 2.05) is 49.1 Å². The highest BCUT2D eigenvalue weighted by atomic mass is 32.2. The van der Waals surface area contributed by atoms with Crippen molar-refractivity contribution in [3.8, 4) is 5.75 Å². The molecule has 1 saturated heterocycles. The molecule has 2 heterocycles. The highest BCUT2D eigenvalue weighted by Crippen LogP contribution is 2.29. The third kappa shape index (κ3) is 5.07. The number of rotatable bonds is 6. The van der Waals surface area contributed by atoms with E-state index in [0.717, 1.165) is 17.4 Å². The number of piperazine rings is 1. The molecular weight excluding hydrogens is 445 g/mol. The second-order valence-corrected chi connectivity index (χ2v) is 9.78. The van der Waals surface area contributed by atoms with E-state index in [2.05, 4.69) is 15.3 Å². The van der Waals surface area contributed by atoms with E-state index in [1.54, 1.807) is 0 Å². The Morgan fingerprint density at radius 3 is 2.33 bits per heavy atom. The summed E-state index contributed by atoms with van der Waals surface area (Å²) in [5, 5.41) is 3.29. The molecule has 33 heavy (non-hydrogen) atoms. The van der Waals surface area contributed by atoms with Gasteiger partial charge in [0.2, 0.25) is 16.0 Å². The number of methoxy groups -OCH3 is 1. The van der Waals surface area contributed by atoms with Crippen LogP contribution in [0.1, 0.15) is 11.3 Å². The molecule has 0 saturated carbocycles. The number of nitrogens with one attached hydrogen (secondary N) is 1. The fraction of sp³-hybridized carbons (Fsp3) is 0.304. The van der Waals surface area contributed by atoms with Gasteiger partial charge in [0, 0.05) is 43.6 Å². The van der Waals surface area contributed by atoms with Gasteiger partial charge in [0.05, 0.1) is 7.11 Å². The second kappa shape index (κ2) is 9.32. The van der Waals surface area contributed by atoms with Crippen molar-refractivity contribution in [2.75, 3.05) is 43.5 Å². The van der Waals surface area contributed by atoms with Crippen LogP contribution >= 0.6 is 0 Å². The van der Waals surface area contributed by atoms with Gasteiger partial charge in [-0.05, 0) is 44.2 Å². The molecule has 0 unspecified atom stereocenters. The fourth-order valence-corrected chi connectivity index (χ4v) is 5.25. The Morgan fingerprint density at radius 1 is 0.970 bits per heavy atom. The van der Waals surface area contributed by atoms with Gasteiger partial charge < -0.3 is 15.0 Å². The van der Waals surface area contributed by atoms with Crippen LogP contribution in [0, 0.1) is 19.7 Å². The maximum atomic E-state index is 13.7. The number of hydrogen-bond acceptors (Lipinski definition) is 7. The van der Waals surface area contributed by atoms with E-state index >= 15 is 0 Å². The zero-order chi connectivity index (χ0) is 23.6. The van der Waals surface area contributed by atoms with Crippen molar-refractivity contribution in [2.45, 2.75) is 18.7 Å². The lowest BCUT2D eigenvalue weighted by atomic mass is 10.2. The Hall–Kier alpha value is -3.24. The minimum absolute atomic E-state index is 0.118. The first-order valence-electron chi connectivity index (χ1n) is 10.5. The number of hydrogen-bond donors (Lipinski definition) is 1. The van der Waals surface area contributed by atoms with Gasteiger partial charge >= 0.3 is 0 Å². The highest BCUT2D eigenvalue weighted by Gasteiger charge is 2.32. The molecule has 0 bridgehead atoms. The molecular formula is C23H26FN5O3S. The number of benzene rings is 2. The number of aromatic nitrogens is 2. The molecule has 2 aromatic carbocycles. The third-order valence-corrected chi connectivity index (χ3v) is 7.35. The lowest BCUT2D eigenvalue weighted by Crippen LogP contribution is -2.49. The van der Waals surface area contributed by atoms with E-state index in [1.165, 1.54) is 29.1 Å². The number of sulfonamides is 1. The van der Waals surface area contributed by atoms with Crippen molar-refractivity contribution >= 4 is 27.5 Å². The first kappa shape index (κ1) is 22.9. The maximum absolute atomic E-state index is 13.7. The summed E-state index contributed by atoms with van der Waals surface area (Å²) in [6, 6.07) is 13.4. The maximum Gasteiger partial charge on any atom is 0.246 e. The Balaban J connectivity index is 1.49. The third-order valence-electron chi connectivity index (χ3n) is 5.43. The fourth-order valence-electron chi connectivity index (χ4n) is 3.66. The summed E-state index contributed by atoms with van der Waals surface area (Å²) < 4.78 is 46.5. The second-order valence-electron chi connectivity index (χ2n) is 7.87. The van der Waals surface area contributed by atoms with E-state index in [-0.39, 0.29) is 23.7 Å². The number of ether oxygens (including phenoxy) is 1. The summed E-state index contributed by atoms with van der Waals surface area (Å²) >= 11 is 0. The average molecular weight is 472 g/mol. The SMILES string of the molecule is COc1ccc(F)cc1S(=O)(=O)N1CCN(c2nc(C)cc(Nc3ccc(C)cc3)n2)CC1. The van der Waals surface area contributed by atoms with Crippen LogP contribution in [0.2, 0.25) is 0 Å². The van der Waals surface area contributed by atoms with Crippen molar-refractivity contribution < 1.29 is 17.5 Å². The van der Waals surface area contributed by atoms with Crippen LogP contribution in [-0.4, -0.2) is 56.0 Å². The molecule has 10 heteroatoms. The zero-order valence-electron chi connectivity index (χ0n) is 18.7. The molecule has 0 spiro atoms. The summed E-state index contributed by atoms with van der Waals surface area (Å²) in [5.74, 6) is 0.688. The summed E-state index contributed by atoms with van der Waals surface area (Å²) in [5.41, 5.74) is 2.89. The Bertz CT molecular complexity index is 1240. The summed E-state index contributed by atoms with van der Waals surface area (Å²) in [7, 11) is -2.54. The van der Waals surface area contributed by atoms with Crippen molar-refractivity contribution in [2.24, 2.45) is 0 Å². The molecule has 0 radical (unpaired) electrons. The summed E-state index contributed by atoms with van der Waals surface area (Å²) in [6.45, 7) is 5.18. The molecule has 1 N–H and O–H groups in total. The van der Waals surface area contributed by atoms with Crippen LogP contribution in [0.3, 0.4) is 0 Å². The molecule has 0 amide bonds. The molecule has 0 aliphatic carbocycles. The van der Waals surface area contributed by atoms with Crippen LogP contribution in [0.4, 0.5) is 21.8 Å². The number of anilines is 3. The van der Waals surface area contributed by atoms with E-state index < -0.39 is 15.8 Å². The van der Waals surface area contributed by atoms with Crippen molar-refractivity contribution in [1.82, 2.24) is 14.3 Å². The Labute approximate surface area is 193 Å². The minimum Gasteiger partial charge on any atom is -0.495 e. The molecule has 4 rings (SSSR count). The molecule has 3 aromatic rings. The molecule has 1 aliphatic heterocycles. The largest absolute Gasteiger partial charge is 0.495 e. The highest BCUT2D eigenvalue weighted by molar-refractivity contribution is 7.89. The Morgan fingerprint density at radius 2 is 1.67 bits per heavy atom. The lowest BCUT2D eigenvalue weighted by Gasteiger charge is -2.34. The molecule has 0 atom stereocenters. The van der Waals surface area contributed by atoms with Gasteiger partial charge in [-0.15, -0.1) is 0 Å². The minimum atomic E-state index is -3.90. The van der Waals surface area contributed by atoms with Gasteiger partial charge in [0.15, 0.2) is 0 Å².